The molecule has 0 amide bonds. The SMILES string of the molecule is C=C(C)C(=O)OC1Cc2c1ccc(C(=O)O)c2C(=O)O. The molecule has 0 heterocycles. The van der Waals surface area contributed by atoms with Gasteiger partial charge in [0.15, 0.2) is 0 Å². The number of fused-ring (bicyclic) bond motifs is 1. The van der Waals surface area contributed by atoms with Crippen LogP contribution in [-0.4, -0.2) is 28.1 Å². The van der Waals surface area contributed by atoms with Crippen molar-refractivity contribution in [2.75, 3.05) is 0 Å². The van der Waals surface area contributed by atoms with Crippen LogP contribution in [0.3, 0.4) is 0 Å². The predicted molar refractivity (Wildman–Crippen MR) is 67.7 cm³/mol. The molecule has 0 fully saturated rings. The van der Waals surface area contributed by atoms with E-state index >= 15 is 0 Å². The van der Waals surface area contributed by atoms with Gasteiger partial charge in [0.25, 0.3) is 0 Å². The molecule has 1 aromatic rings. The fourth-order valence-electron chi connectivity index (χ4n) is 2.11. The number of hydrogen-bond donors (Lipinski definition) is 2. The Kier molecular flexibility index (Phi) is 3.31. The van der Waals surface area contributed by atoms with Crippen molar-refractivity contribution in [3.05, 3.63) is 46.5 Å². The van der Waals surface area contributed by atoms with Crippen LogP contribution in [0.25, 0.3) is 0 Å². The number of carbonyl (C=O) groups excluding carboxylic acids is 1. The van der Waals surface area contributed by atoms with Gasteiger partial charge in [0.05, 0.1) is 11.1 Å². The normalized spacial score (nSPS) is 15.8. The smallest absolute Gasteiger partial charge is 0.336 e. The van der Waals surface area contributed by atoms with Crippen molar-refractivity contribution in [2.24, 2.45) is 0 Å². The van der Waals surface area contributed by atoms with Crippen LogP contribution in [0.2, 0.25) is 0 Å². The zero-order valence-corrected chi connectivity index (χ0v) is 10.7. The molecule has 6 heteroatoms. The summed E-state index contributed by atoms with van der Waals surface area (Å²) in [5.41, 5.74) is 0.677. The van der Waals surface area contributed by atoms with E-state index in [9.17, 15) is 14.4 Å². The van der Waals surface area contributed by atoms with Gasteiger partial charge in [-0.1, -0.05) is 12.6 Å². The first-order valence-corrected chi connectivity index (χ1v) is 5.81. The van der Waals surface area contributed by atoms with E-state index in [1.54, 1.807) is 0 Å². The first-order chi connectivity index (χ1) is 9.32. The van der Waals surface area contributed by atoms with E-state index < -0.39 is 24.0 Å². The molecule has 1 atom stereocenters. The maximum atomic E-state index is 11.4. The molecule has 1 aromatic carbocycles. The molecule has 0 radical (unpaired) electrons. The summed E-state index contributed by atoms with van der Waals surface area (Å²) in [6.07, 6.45) is -0.355. The van der Waals surface area contributed by atoms with Crippen LogP contribution in [0.4, 0.5) is 0 Å². The Bertz CT molecular complexity index is 643. The largest absolute Gasteiger partial charge is 0.478 e. The van der Waals surface area contributed by atoms with Crippen molar-refractivity contribution in [1.29, 1.82) is 0 Å². The number of esters is 1. The third kappa shape index (κ3) is 2.16. The summed E-state index contributed by atoms with van der Waals surface area (Å²) in [6, 6.07) is 2.69. The summed E-state index contributed by atoms with van der Waals surface area (Å²) in [6.45, 7) is 4.97. The van der Waals surface area contributed by atoms with Gasteiger partial charge in [-0.15, -0.1) is 0 Å². The van der Waals surface area contributed by atoms with Gasteiger partial charge in [-0.05, 0) is 24.1 Å². The standard InChI is InChI=1S/C14H12O6/c1-6(2)14(19)20-10-5-9-7(10)3-4-8(12(15)16)11(9)13(17)18/h3-4,10H,1,5H2,2H3,(H,15,16)(H,17,18). The van der Waals surface area contributed by atoms with Gasteiger partial charge in [0.1, 0.15) is 6.10 Å². The highest BCUT2D eigenvalue weighted by Gasteiger charge is 2.36. The first-order valence-electron chi connectivity index (χ1n) is 5.81. The Morgan fingerprint density at radius 3 is 2.40 bits per heavy atom. The molecular formula is C14H12O6. The minimum Gasteiger partial charge on any atom is -0.478 e. The number of hydrogen-bond acceptors (Lipinski definition) is 4. The number of rotatable bonds is 4. The lowest BCUT2D eigenvalue weighted by atomic mass is 9.80. The van der Waals surface area contributed by atoms with Crippen LogP contribution in [0.15, 0.2) is 24.3 Å². The van der Waals surface area contributed by atoms with Crippen LogP contribution in [0, 0.1) is 0 Å². The van der Waals surface area contributed by atoms with Crippen molar-refractivity contribution in [1.82, 2.24) is 0 Å². The molecule has 0 aliphatic heterocycles. The quantitative estimate of drug-likeness (QED) is 0.642. The van der Waals surface area contributed by atoms with Gasteiger partial charge in [-0.3, -0.25) is 0 Å². The molecule has 1 aliphatic rings. The molecular weight excluding hydrogens is 264 g/mol. The summed E-state index contributed by atoms with van der Waals surface area (Å²) in [5.74, 6) is -3.16. The second kappa shape index (κ2) is 4.80. The Hall–Kier alpha value is -2.63. The number of carboxylic acid groups (broad SMARTS) is 2. The maximum absolute atomic E-state index is 11.4. The van der Waals surface area contributed by atoms with E-state index in [1.807, 2.05) is 0 Å². The van der Waals surface area contributed by atoms with Gasteiger partial charge >= 0.3 is 17.9 Å². The summed E-state index contributed by atoms with van der Waals surface area (Å²) in [5, 5.41) is 18.1. The van der Waals surface area contributed by atoms with Crippen molar-refractivity contribution < 1.29 is 29.3 Å². The zero-order valence-electron chi connectivity index (χ0n) is 10.7. The molecule has 0 bridgehead atoms. The molecule has 0 aromatic heterocycles. The lowest BCUT2D eigenvalue weighted by Crippen LogP contribution is -2.27. The summed E-state index contributed by atoms with van der Waals surface area (Å²) >= 11 is 0. The third-order valence-corrected chi connectivity index (χ3v) is 3.13. The van der Waals surface area contributed by atoms with Crippen molar-refractivity contribution >= 4 is 17.9 Å². The predicted octanol–water partition coefficient (Wildman–Crippen LogP) is 1.80. The molecule has 0 spiro atoms. The summed E-state index contributed by atoms with van der Waals surface area (Å²) in [7, 11) is 0. The Labute approximate surface area is 114 Å². The molecule has 1 unspecified atom stereocenters. The maximum Gasteiger partial charge on any atom is 0.336 e. The molecule has 20 heavy (non-hydrogen) atoms. The number of aromatic carboxylic acids is 2. The topological polar surface area (TPSA) is 101 Å². The molecule has 2 N–H and O–H groups in total. The molecule has 0 saturated carbocycles. The fraction of sp³-hybridized carbons (Fsp3) is 0.214. The lowest BCUT2D eigenvalue weighted by molar-refractivity contribution is -0.145. The van der Waals surface area contributed by atoms with Gasteiger partial charge in [0, 0.05) is 12.0 Å². The second-order valence-corrected chi connectivity index (χ2v) is 4.54. The highest BCUT2D eigenvalue weighted by molar-refractivity contribution is 6.03. The van der Waals surface area contributed by atoms with E-state index in [0.29, 0.717) is 11.1 Å². The summed E-state index contributed by atoms with van der Waals surface area (Å²) in [4.78, 5) is 33.6. The number of carbonyl (C=O) groups is 3. The second-order valence-electron chi connectivity index (χ2n) is 4.54. The van der Waals surface area contributed by atoms with Crippen LogP contribution in [-0.2, 0) is 16.0 Å². The van der Waals surface area contributed by atoms with Crippen LogP contribution in [0.1, 0.15) is 44.9 Å². The average Bonchev–Trinajstić information content (AvgIpc) is 2.33. The highest BCUT2D eigenvalue weighted by Crippen LogP contribution is 2.40. The average molecular weight is 276 g/mol. The van der Waals surface area contributed by atoms with Crippen LogP contribution < -0.4 is 0 Å². The summed E-state index contributed by atoms with van der Waals surface area (Å²) < 4.78 is 5.13. The van der Waals surface area contributed by atoms with E-state index in [1.165, 1.54) is 19.1 Å². The first kappa shape index (κ1) is 13.8. The lowest BCUT2D eigenvalue weighted by Gasteiger charge is -2.31. The Morgan fingerprint density at radius 1 is 1.25 bits per heavy atom. The molecule has 1 aliphatic carbocycles. The van der Waals surface area contributed by atoms with E-state index in [0.717, 1.165) is 0 Å². The van der Waals surface area contributed by atoms with Gasteiger partial charge in [-0.2, -0.15) is 0 Å². The molecule has 6 nitrogen and oxygen atoms in total. The minimum absolute atomic E-state index is 0.192. The molecule has 0 saturated heterocycles. The van der Waals surface area contributed by atoms with Crippen molar-refractivity contribution in [3.63, 3.8) is 0 Å². The third-order valence-electron chi connectivity index (χ3n) is 3.13. The van der Waals surface area contributed by atoms with Crippen LogP contribution >= 0.6 is 0 Å². The fourth-order valence-corrected chi connectivity index (χ4v) is 2.11. The van der Waals surface area contributed by atoms with Crippen LogP contribution in [0.5, 0.6) is 0 Å². The van der Waals surface area contributed by atoms with E-state index in [-0.39, 0.29) is 23.1 Å². The van der Waals surface area contributed by atoms with Crippen molar-refractivity contribution in [3.8, 4) is 0 Å². The van der Waals surface area contributed by atoms with Gasteiger partial charge < -0.3 is 14.9 Å². The van der Waals surface area contributed by atoms with Gasteiger partial charge in [0.2, 0.25) is 0 Å². The molecule has 2 rings (SSSR count). The monoisotopic (exact) mass is 276 g/mol. The van der Waals surface area contributed by atoms with Crippen molar-refractivity contribution in [2.45, 2.75) is 19.4 Å². The number of carboxylic acids is 2. The highest BCUT2D eigenvalue weighted by atomic mass is 16.5. The minimum atomic E-state index is -1.30. The van der Waals surface area contributed by atoms with E-state index in [4.69, 9.17) is 14.9 Å². The Balaban J connectivity index is 2.36. The number of ether oxygens (including phenoxy) is 1. The van der Waals surface area contributed by atoms with Gasteiger partial charge in [-0.25, -0.2) is 14.4 Å². The Morgan fingerprint density at radius 2 is 1.90 bits per heavy atom. The van der Waals surface area contributed by atoms with E-state index in [2.05, 4.69) is 6.58 Å². The molecule has 104 valence electrons. The zero-order chi connectivity index (χ0) is 15.0. The number of benzene rings is 1.